The molecule has 10 nitrogen and oxygen atoms in total. The molecule has 3 rings (SSSR count). The maximum Gasteiger partial charge on any atom is 0.409 e. The van der Waals surface area contributed by atoms with Crippen LogP contribution in [0.3, 0.4) is 0 Å². The largest absolute Gasteiger partial charge is 0.446 e. The average molecular weight is 493 g/mol. The minimum Gasteiger partial charge on any atom is -0.446 e. The lowest BCUT2D eigenvalue weighted by atomic mass is 10.1. The van der Waals surface area contributed by atoms with Gasteiger partial charge in [0, 0.05) is 31.9 Å². The number of hydrogen-bond acceptors (Lipinski definition) is 7. The summed E-state index contributed by atoms with van der Waals surface area (Å²) in [7, 11) is 0. The highest BCUT2D eigenvalue weighted by atomic mass is 35.5. The Hall–Kier alpha value is -2.27. The van der Waals surface area contributed by atoms with Crippen LogP contribution in [0.2, 0.25) is 15.3 Å². The SMILES string of the molecule is CC(O)(COC(=O)N1CCN(c2ccc(Cl)c(Cl)c2)CC1)Cn1cc([N+](=O)[O-])nc1Cl. The van der Waals surface area contributed by atoms with Gasteiger partial charge >= 0.3 is 17.2 Å². The maximum absolute atomic E-state index is 12.4. The third kappa shape index (κ3) is 5.91. The van der Waals surface area contributed by atoms with E-state index in [9.17, 15) is 20.0 Å². The zero-order chi connectivity index (χ0) is 22.8. The molecule has 168 valence electrons. The summed E-state index contributed by atoms with van der Waals surface area (Å²) in [6.07, 6.45) is 0.553. The number of amides is 1. The van der Waals surface area contributed by atoms with E-state index in [0.717, 1.165) is 11.9 Å². The number of rotatable bonds is 6. The van der Waals surface area contributed by atoms with E-state index in [1.54, 1.807) is 17.0 Å². The standard InChI is InChI=1S/C18H20Cl3N5O5/c1-18(28,10-25-9-15(26(29)30)22-16(25)21)11-31-17(27)24-6-4-23(5-7-24)12-2-3-13(19)14(20)8-12/h2-3,8-9,28H,4-7,10-11H2,1H3. The van der Waals surface area contributed by atoms with Gasteiger partial charge in [-0.2, -0.15) is 0 Å². The van der Waals surface area contributed by atoms with Crippen molar-refractivity contribution in [2.45, 2.75) is 19.1 Å². The number of anilines is 1. The van der Waals surface area contributed by atoms with Crippen LogP contribution < -0.4 is 4.90 Å². The predicted molar refractivity (Wildman–Crippen MR) is 116 cm³/mol. The molecule has 1 aromatic carbocycles. The van der Waals surface area contributed by atoms with Crippen molar-refractivity contribution in [3.63, 3.8) is 0 Å². The summed E-state index contributed by atoms with van der Waals surface area (Å²) in [4.78, 5) is 29.7. The van der Waals surface area contributed by atoms with Crippen LogP contribution in [0.25, 0.3) is 0 Å². The summed E-state index contributed by atoms with van der Waals surface area (Å²) in [5.41, 5.74) is -0.591. The Labute approximate surface area is 193 Å². The Morgan fingerprint density at radius 3 is 2.52 bits per heavy atom. The number of imidazole rings is 1. The second-order valence-electron chi connectivity index (χ2n) is 7.38. The van der Waals surface area contributed by atoms with Crippen LogP contribution >= 0.6 is 34.8 Å². The van der Waals surface area contributed by atoms with Gasteiger partial charge in [-0.15, -0.1) is 0 Å². The maximum atomic E-state index is 12.4. The van der Waals surface area contributed by atoms with Gasteiger partial charge in [-0.05, 0) is 46.6 Å². The summed E-state index contributed by atoms with van der Waals surface area (Å²) in [6, 6.07) is 5.37. The zero-order valence-corrected chi connectivity index (χ0v) is 18.8. The van der Waals surface area contributed by atoms with Crippen molar-refractivity contribution in [3.05, 3.63) is 49.8 Å². The summed E-state index contributed by atoms with van der Waals surface area (Å²) in [6.45, 7) is 3.01. The van der Waals surface area contributed by atoms with Gasteiger partial charge in [0.1, 0.15) is 18.4 Å². The lowest BCUT2D eigenvalue weighted by Gasteiger charge is -2.36. The van der Waals surface area contributed by atoms with Crippen molar-refractivity contribution in [3.8, 4) is 0 Å². The Bertz CT molecular complexity index is 975. The van der Waals surface area contributed by atoms with E-state index in [1.165, 1.54) is 11.5 Å². The van der Waals surface area contributed by atoms with Crippen molar-refractivity contribution in [1.82, 2.24) is 14.5 Å². The lowest BCUT2D eigenvalue weighted by Crippen LogP contribution is -2.50. The molecule has 1 fully saturated rings. The van der Waals surface area contributed by atoms with Gasteiger partial charge in [-0.25, -0.2) is 4.79 Å². The number of carbonyl (C=O) groups is 1. The molecule has 2 aromatic rings. The van der Waals surface area contributed by atoms with Crippen molar-refractivity contribution in [1.29, 1.82) is 0 Å². The molecular formula is C18H20Cl3N5O5. The topological polar surface area (TPSA) is 114 Å². The first-order valence-electron chi connectivity index (χ1n) is 9.27. The quantitative estimate of drug-likeness (QED) is 0.485. The highest BCUT2D eigenvalue weighted by molar-refractivity contribution is 6.42. The number of piperazine rings is 1. The molecule has 1 saturated heterocycles. The molecule has 0 spiro atoms. The van der Waals surface area contributed by atoms with E-state index in [4.69, 9.17) is 39.5 Å². The zero-order valence-electron chi connectivity index (χ0n) is 16.5. The van der Waals surface area contributed by atoms with Crippen LogP contribution in [0.1, 0.15) is 6.92 Å². The molecule has 0 aliphatic carbocycles. The first kappa shape index (κ1) is 23.4. The van der Waals surface area contributed by atoms with Crippen molar-refractivity contribution >= 4 is 52.4 Å². The second-order valence-corrected chi connectivity index (χ2v) is 8.53. The van der Waals surface area contributed by atoms with Crippen LogP contribution in [0, 0.1) is 10.1 Å². The Kier molecular flexibility index (Phi) is 7.15. The Morgan fingerprint density at radius 1 is 1.26 bits per heavy atom. The van der Waals surface area contributed by atoms with E-state index >= 15 is 0 Å². The number of nitro groups is 1. The van der Waals surface area contributed by atoms with Crippen LogP contribution in [0.5, 0.6) is 0 Å². The number of halogens is 3. The fourth-order valence-corrected chi connectivity index (χ4v) is 3.62. The van der Waals surface area contributed by atoms with Crippen LogP contribution in [0.4, 0.5) is 16.3 Å². The average Bonchev–Trinajstić information content (AvgIpc) is 3.08. The lowest BCUT2D eigenvalue weighted by molar-refractivity contribution is -0.389. The summed E-state index contributed by atoms with van der Waals surface area (Å²) < 4.78 is 6.48. The summed E-state index contributed by atoms with van der Waals surface area (Å²) in [5.74, 6) is -0.433. The Balaban J connectivity index is 1.50. The minimum absolute atomic E-state index is 0.134. The first-order chi connectivity index (χ1) is 14.6. The van der Waals surface area contributed by atoms with Gasteiger partial charge in [0.25, 0.3) is 0 Å². The second kappa shape index (κ2) is 9.47. The third-order valence-electron chi connectivity index (χ3n) is 4.73. The smallest absolute Gasteiger partial charge is 0.409 e. The van der Waals surface area contributed by atoms with E-state index in [0.29, 0.717) is 36.2 Å². The number of benzene rings is 1. The molecule has 1 aliphatic rings. The first-order valence-corrected chi connectivity index (χ1v) is 10.4. The van der Waals surface area contributed by atoms with Gasteiger partial charge < -0.3 is 29.8 Å². The monoisotopic (exact) mass is 491 g/mol. The van der Waals surface area contributed by atoms with Crippen LogP contribution in [0.15, 0.2) is 24.4 Å². The molecule has 1 atom stereocenters. The fraction of sp³-hybridized carbons (Fsp3) is 0.444. The molecule has 1 amide bonds. The summed E-state index contributed by atoms with van der Waals surface area (Å²) in [5, 5.41) is 22.1. The fourth-order valence-electron chi connectivity index (χ4n) is 3.13. The molecule has 0 saturated carbocycles. The molecule has 0 radical (unpaired) electrons. The van der Waals surface area contributed by atoms with Gasteiger partial charge in [0.05, 0.1) is 16.6 Å². The Morgan fingerprint density at radius 2 is 1.94 bits per heavy atom. The van der Waals surface area contributed by atoms with Crippen molar-refractivity contribution in [2.24, 2.45) is 0 Å². The molecule has 31 heavy (non-hydrogen) atoms. The number of hydrogen-bond donors (Lipinski definition) is 1. The number of nitrogens with zero attached hydrogens (tertiary/aromatic N) is 5. The van der Waals surface area contributed by atoms with E-state index in [1.807, 2.05) is 6.07 Å². The van der Waals surface area contributed by atoms with Crippen LogP contribution in [-0.2, 0) is 11.3 Å². The van der Waals surface area contributed by atoms with Gasteiger partial charge in [0.15, 0.2) is 0 Å². The number of aromatic nitrogens is 2. The predicted octanol–water partition coefficient (Wildman–Crippen LogP) is 3.46. The van der Waals surface area contributed by atoms with Crippen molar-refractivity contribution < 1.29 is 19.6 Å². The normalized spacial score (nSPS) is 16.2. The van der Waals surface area contributed by atoms with E-state index in [2.05, 4.69) is 9.88 Å². The third-order valence-corrected chi connectivity index (χ3v) is 5.77. The molecule has 1 aliphatic heterocycles. The highest BCUT2D eigenvalue weighted by Crippen LogP contribution is 2.28. The highest BCUT2D eigenvalue weighted by Gasteiger charge is 2.29. The van der Waals surface area contributed by atoms with E-state index in [-0.39, 0.29) is 18.4 Å². The summed E-state index contributed by atoms with van der Waals surface area (Å²) >= 11 is 17.9. The molecule has 1 aromatic heterocycles. The van der Waals surface area contributed by atoms with Gasteiger partial charge in [0.2, 0.25) is 0 Å². The number of ether oxygens (including phenoxy) is 1. The number of carbonyl (C=O) groups excluding carboxylic acids is 1. The molecule has 13 heteroatoms. The van der Waals surface area contributed by atoms with Crippen LogP contribution in [-0.4, -0.2) is 69.0 Å². The molecule has 0 bridgehead atoms. The number of aliphatic hydroxyl groups is 1. The molecule has 2 heterocycles. The molecule has 1 unspecified atom stereocenters. The van der Waals surface area contributed by atoms with Crippen molar-refractivity contribution in [2.75, 3.05) is 37.7 Å². The molecule has 1 N–H and O–H groups in total. The van der Waals surface area contributed by atoms with E-state index < -0.39 is 22.4 Å². The van der Waals surface area contributed by atoms with Gasteiger partial charge in [-0.1, -0.05) is 23.2 Å². The van der Waals surface area contributed by atoms with Gasteiger partial charge in [-0.3, -0.25) is 4.57 Å². The molecular weight excluding hydrogens is 473 g/mol. The minimum atomic E-state index is -1.50.